The summed E-state index contributed by atoms with van der Waals surface area (Å²) >= 11 is 12.9. The molecular weight excluding hydrogens is 356 g/mol. The van der Waals surface area contributed by atoms with E-state index >= 15 is 0 Å². The predicted octanol–water partition coefficient (Wildman–Crippen LogP) is 3.27. The smallest absolute Gasteiger partial charge is 0.293 e. The molecule has 80 valence electrons. The number of carbonyl (C=O) groups excluding carboxylic acids is 1. The van der Waals surface area contributed by atoms with Crippen molar-refractivity contribution in [2.45, 2.75) is 0 Å². The van der Waals surface area contributed by atoms with Crippen LogP contribution in [0.5, 0.6) is 0 Å². The van der Waals surface area contributed by atoms with Crippen LogP contribution in [0.4, 0.5) is 5.69 Å². The highest BCUT2D eigenvalue weighted by Gasteiger charge is 2.25. The van der Waals surface area contributed by atoms with Gasteiger partial charge in [0.05, 0.1) is 10.8 Å². The van der Waals surface area contributed by atoms with E-state index < -0.39 is 10.7 Å². The third-order valence-electron chi connectivity index (χ3n) is 1.66. The fraction of sp³-hybridized carbons (Fsp3) is 0.125. The second kappa shape index (κ2) is 5.09. The number of ketones is 1. The SMILES string of the molecule is O=C(CCl)c1c(I)ccc(Cl)c1[N+](=O)[O-]. The number of hydrogen-bond acceptors (Lipinski definition) is 3. The molecule has 4 nitrogen and oxygen atoms in total. The molecule has 0 amide bonds. The van der Waals surface area contributed by atoms with Crippen LogP contribution in [0.2, 0.25) is 5.02 Å². The maximum Gasteiger partial charge on any atom is 0.299 e. The van der Waals surface area contributed by atoms with Crippen LogP contribution < -0.4 is 0 Å². The van der Waals surface area contributed by atoms with Crippen LogP contribution in [0.1, 0.15) is 10.4 Å². The van der Waals surface area contributed by atoms with Crippen molar-refractivity contribution in [2.24, 2.45) is 0 Å². The molecule has 0 aliphatic heterocycles. The molecule has 0 aromatic heterocycles. The first kappa shape index (κ1) is 12.7. The lowest BCUT2D eigenvalue weighted by molar-refractivity contribution is -0.385. The van der Waals surface area contributed by atoms with E-state index in [0.717, 1.165) is 0 Å². The van der Waals surface area contributed by atoms with Gasteiger partial charge in [-0.05, 0) is 34.7 Å². The topological polar surface area (TPSA) is 60.2 Å². The zero-order chi connectivity index (χ0) is 11.6. The van der Waals surface area contributed by atoms with E-state index in [0.29, 0.717) is 3.57 Å². The standard InChI is InChI=1S/C8H4Cl2INO3/c9-3-6(13)7-5(11)2-1-4(10)8(7)12(14)15/h1-2H,3H2. The van der Waals surface area contributed by atoms with Gasteiger partial charge in [0.1, 0.15) is 10.6 Å². The van der Waals surface area contributed by atoms with E-state index in [4.69, 9.17) is 23.2 Å². The summed E-state index contributed by atoms with van der Waals surface area (Å²) in [5.74, 6) is -0.813. The fourth-order valence-electron chi connectivity index (χ4n) is 1.05. The Hall–Kier alpha value is -0.400. The van der Waals surface area contributed by atoms with Crippen LogP contribution in [0.15, 0.2) is 12.1 Å². The third kappa shape index (κ3) is 2.59. The van der Waals surface area contributed by atoms with Crippen molar-refractivity contribution in [1.82, 2.24) is 0 Å². The Labute approximate surface area is 109 Å². The second-order valence-electron chi connectivity index (χ2n) is 2.57. The zero-order valence-corrected chi connectivity index (χ0v) is 10.8. The molecule has 0 unspecified atom stereocenters. The molecule has 0 atom stereocenters. The Morgan fingerprint density at radius 1 is 1.53 bits per heavy atom. The molecule has 0 saturated heterocycles. The van der Waals surface area contributed by atoms with Crippen molar-refractivity contribution in [3.8, 4) is 0 Å². The highest BCUT2D eigenvalue weighted by molar-refractivity contribution is 14.1. The van der Waals surface area contributed by atoms with Crippen LogP contribution in [0.25, 0.3) is 0 Å². The molecule has 0 saturated carbocycles. The van der Waals surface area contributed by atoms with Crippen LogP contribution >= 0.6 is 45.8 Å². The fourth-order valence-corrected chi connectivity index (χ4v) is 2.15. The maximum atomic E-state index is 11.4. The van der Waals surface area contributed by atoms with Crippen LogP contribution in [0, 0.1) is 13.7 Å². The molecule has 0 bridgehead atoms. The summed E-state index contributed by atoms with van der Waals surface area (Å²) in [7, 11) is 0. The molecule has 0 radical (unpaired) electrons. The van der Waals surface area contributed by atoms with Crippen LogP contribution in [-0.4, -0.2) is 16.6 Å². The van der Waals surface area contributed by atoms with Gasteiger partial charge in [0.15, 0.2) is 5.78 Å². The van der Waals surface area contributed by atoms with E-state index in [1.54, 1.807) is 0 Å². The Morgan fingerprint density at radius 2 is 2.13 bits per heavy atom. The molecule has 0 heterocycles. The number of alkyl halides is 1. The first-order valence-corrected chi connectivity index (χ1v) is 5.69. The van der Waals surface area contributed by atoms with Gasteiger partial charge >= 0.3 is 0 Å². The quantitative estimate of drug-likeness (QED) is 0.273. The van der Waals surface area contributed by atoms with Crippen molar-refractivity contribution in [3.63, 3.8) is 0 Å². The summed E-state index contributed by atoms with van der Waals surface area (Å²) in [6.07, 6.45) is 0. The van der Waals surface area contributed by atoms with E-state index in [1.807, 2.05) is 22.6 Å². The van der Waals surface area contributed by atoms with Gasteiger partial charge in [0.2, 0.25) is 0 Å². The molecule has 0 aliphatic rings. The molecule has 0 aliphatic carbocycles. The minimum absolute atomic E-state index is 0.0249. The number of nitrogens with zero attached hydrogens (tertiary/aromatic N) is 1. The molecular formula is C8H4Cl2INO3. The van der Waals surface area contributed by atoms with Gasteiger partial charge in [-0.3, -0.25) is 14.9 Å². The summed E-state index contributed by atoms with van der Waals surface area (Å²) in [6, 6.07) is 2.92. The van der Waals surface area contributed by atoms with Gasteiger partial charge < -0.3 is 0 Å². The average molecular weight is 360 g/mol. The minimum atomic E-state index is -0.676. The van der Waals surface area contributed by atoms with Crippen molar-refractivity contribution in [1.29, 1.82) is 0 Å². The van der Waals surface area contributed by atoms with Gasteiger partial charge in [-0.2, -0.15) is 0 Å². The van der Waals surface area contributed by atoms with Gasteiger partial charge in [-0.25, -0.2) is 0 Å². The summed E-state index contributed by atoms with van der Waals surface area (Å²) in [6.45, 7) is 0. The van der Waals surface area contributed by atoms with Gasteiger partial charge in [-0.15, -0.1) is 11.6 Å². The van der Waals surface area contributed by atoms with E-state index in [2.05, 4.69) is 0 Å². The number of benzene rings is 1. The van der Waals surface area contributed by atoms with Crippen molar-refractivity contribution >= 4 is 57.3 Å². The summed E-state index contributed by atoms with van der Waals surface area (Å²) < 4.78 is 0.467. The molecule has 0 spiro atoms. The first-order valence-electron chi connectivity index (χ1n) is 3.70. The lowest BCUT2D eigenvalue weighted by Gasteiger charge is -2.04. The zero-order valence-electron chi connectivity index (χ0n) is 7.17. The van der Waals surface area contributed by atoms with Crippen molar-refractivity contribution in [3.05, 3.63) is 36.4 Å². The lowest BCUT2D eigenvalue weighted by Crippen LogP contribution is -2.08. The molecule has 1 rings (SSSR count). The van der Waals surface area contributed by atoms with E-state index in [-0.39, 0.29) is 22.2 Å². The normalized spacial score (nSPS) is 10.1. The molecule has 0 fully saturated rings. The lowest BCUT2D eigenvalue weighted by atomic mass is 10.1. The molecule has 15 heavy (non-hydrogen) atoms. The minimum Gasteiger partial charge on any atom is -0.293 e. The van der Waals surface area contributed by atoms with Crippen LogP contribution in [-0.2, 0) is 0 Å². The number of carbonyl (C=O) groups is 1. The highest BCUT2D eigenvalue weighted by Crippen LogP contribution is 2.32. The Morgan fingerprint density at radius 3 is 2.60 bits per heavy atom. The van der Waals surface area contributed by atoms with Gasteiger partial charge in [-0.1, -0.05) is 11.6 Å². The van der Waals surface area contributed by atoms with Crippen LogP contribution in [0.3, 0.4) is 0 Å². The van der Waals surface area contributed by atoms with Crippen molar-refractivity contribution in [2.75, 3.05) is 5.88 Å². The second-order valence-corrected chi connectivity index (χ2v) is 4.40. The highest BCUT2D eigenvalue weighted by atomic mass is 127. The third-order valence-corrected chi connectivity index (χ3v) is 3.11. The molecule has 1 aromatic rings. The predicted molar refractivity (Wildman–Crippen MR) is 65.9 cm³/mol. The summed E-state index contributed by atoms with van der Waals surface area (Å²) in [5, 5.41) is 10.7. The molecule has 7 heteroatoms. The number of rotatable bonds is 3. The van der Waals surface area contributed by atoms with E-state index in [1.165, 1.54) is 12.1 Å². The summed E-state index contributed by atoms with van der Waals surface area (Å²) in [4.78, 5) is 21.5. The largest absolute Gasteiger partial charge is 0.299 e. The Kier molecular flexibility index (Phi) is 4.30. The van der Waals surface area contributed by atoms with E-state index in [9.17, 15) is 14.9 Å². The Bertz CT molecular complexity index is 436. The first-order chi connectivity index (χ1) is 6.99. The molecule has 1 aromatic carbocycles. The number of nitro benzene ring substituents is 1. The average Bonchev–Trinajstić information content (AvgIpc) is 2.19. The van der Waals surface area contributed by atoms with Gasteiger partial charge in [0.25, 0.3) is 5.69 Å². The van der Waals surface area contributed by atoms with Crippen molar-refractivity contribution < 1.29 is 9.72 Å². The number of halogens is 3. The summed E-state index contributed by atoms with van der Waals surface area (Å²) in [5.41, 5.74) is -0.405. The molecule has 0 N–H and O–H groups in total. The van der Waals surface area contributed by atoms with Gasteiger partial charge in [0, 0.05) is 3.57 Å². The number of Topliss-reactive ketones (excluding diaryl/α,β-unsaturated/α-hetero) is 1. The Balaban J connectivity index is 3.52. The maximum absolute atomic E-state index is 11.4. The monoisotopic (exact) mass is 359 g/mol. The number of nitro groups is 1. The number of hydrogen-bond donors (Lipinski definition) is 0.